The molecule has 1 aliphatic rings. The molecule has 1 fully saturated rings. The summed E-state index contributed by atoms with van der Waals surface area (Å²) < 4.78 is 22.9. The first-order valence-corrected chi connectivity index (χ1v) is 9.42. The maximum absolute atomic E-state index is 11.4. The first-order chi connectivity index (χ1) is 10.9. The number of sulfonamides is 1. The molecule has 122 valence electrons. The predicted molar refractivity (Wildman–Crippen MR) is 88.1 cm³/mol. The van der Waals surface area contributed by atoms with Gasteiger partial charge in [0.05, 0.1) is 15.9 Å². The van der Waals surface area contributed by atoms with E-state index >= 15 is 0 Å². The van der Waals surface area contributed by atoms with Crippen molar-refractivity contribution in [2.24, 2.45) is 5.14 Å². The van der Waals surface area contributed by atoms with Gasteiger partial charge in [-0.05, 0) is 36.4 Å². The summed E-state index contributed by atoms with van der Waals surface area (Å²) in [5.41, 5.74) is 0.193. The average Bonchev–Trinajstić information content (AvgIpc) is 3.16. The third-order valence-corrected chi connectivity index (χ3v) is 5.79. The zero-order chi connectivity index (χ0) is 16.6. The molecule has 1 aliphatic heterocycles. The van der Waals surface area contributed by atoms with Gasteiger partial charge in [-0.15, -0.1) is 11.3 Å². The summed E-state index contributed by atoms with van der Waals surface area (Å²) in [5, 5.41) is 18.4. The molecule has 0 saturated carbocycles. The lowest BCUT2D eigenvalue weighted by molar-refractivity contribution is -0.384. The molecule has 23 heavy (non-hydrogen) atoms. The van der Waals surface area contributed by atoms with Crippen molar-refractivity contribution in [2.75, 3.05) is 11.4 Å². The van der Waals surface area contributed by atoms with Crippen LogP contribution in [0.15, 0.2) is 40.6 Å². The van der Waals surface area contributed by atoms with Gasteiger partial charge < -0.3 is 4.90 Å². The van der Waals surface area contributed by atoms with Gasteiger partial charge >= 0.3 is 0 Å². The molecule has 1 atom stereocenters. The van der Waals surface area contributed by atoms with Gasteiger partial charge in [-0.2, -0.15) is 0 Å². The minimum Gasteiger partial charge on any atom is -0.358 e. The van der Waals surface area contributed by atoms with E-state index in [0.717, 1.165) is 23.8 Å². The van der Waals surface area contributed by atoms with E-state index in [0.29, 0.717) is 12.2 Å². The topological polar surface area (TPSA) is 107 Å². The van der Waals surface area contributed by atoms with Crippen LogP contribution < -0.4 is 10.0 Å². The molecule has 0 unspecified atom stereocenters. The summed E-state index contributed by atoms with van der Waals surface area (Å²) in [6.45, 7) is 0.693. The number of nitrogens with zero attached hydrogens (tertiary/aromatic N) is 2. The van der Waals surface area contributed by atoms with Crippen molar-refractivity contribution in [3.8, 4) is 0 Å². The zero-order valence-corrected chi connectivity index (χ0v) is 13.7. The highest BCUT2D eigenvalue weighted by molar-refractivity contribution is 7.89. The quantitative estimate of drug-likeness (QED) is 0.672. The molecule has 0 spiro atoms. The summed E-state index contributed by atoms with van der Waals surface area (Å²) in [6, 6.07) is 7.88. The largest absolute Gasteiger partial charge is 0.358 e. The molecule has 7 nitrogen and oxygen atoms in total. The van der Waals surface area contributed by atoms with Crippen molar-refractivity contribution >= 4 is 32.7 Å². The Bertz CT molecular complexity index is 834. The molecule has 1 aromatic carbocycles. The third kappa shape index (κ3) is 3.07. The summed E-state index contributed by atoms with van der Waals surface area (Å²) in [5.74, 6) is 0. The lowest BCUT2D eigenvalue weighted by Crippen LogP contribution is -2.23. The van der Waals surface area contributed by atoms with E-state index in [1.807, 2.05) is 22.4 Å². The number of hydrogen-bond donors (Lipinski definition) is 1. The molecule has 9 heteroatoms. The molecule has 2 N–H and O–H groups in total. The van der Waals surface area contributed by atoms with E-state index in [4.69, 9.17) is 5.14 Å². The monoisotopic (exact) mass is 353 g/mol. The van der Waals surface area contributed by atoms with Gasteiger partial charge in [-0.25, -0.2) is 13.6 Å². The Morgan fingerprint density at radius 2 is 2.13 bits per heavy atom. The minimum atomic E-state index is -3.98. The van der Waals surface area contributed by atoms with E-state index in [9.17, 15) is 18.5 Å². The highest BCUT2D eigenvalue weighted by Crippen LogP contribution is 2.42. The fourth-order valence-corrected chi connectivity index (χ4v) is 4.31. The van der Waals surface area contributed by atoms with Crippen LogP contribution in [0.4, 0.5) is 11.4 Å². The van der Waals surface area contributed by atoms with Gasteiger partial charge in [-0.1, -0.05) is 6.07 Å². The molecular weight excluding hydrogens is 338 g/mol. The molecule has 0 aliphatic carbocycles. The first kappa shape index (κ1) is 15.9. The van der Waals surface area contributed by atoms with E-state index in [1.165, 1.54) is 12.1 Å². The molecule has 2 aromatic rings. The van der Waals surface area contributed by atoms with Crippen LogP contribution in [0.1, 0.15) is 23.8 Å². The molecular formula is C14H15N3O4S2. The highest BCUT2D eigenvalue weighted by Gasteiger charge is 2.32. The van der Waals surface area contributed by atoms with Crippen LogP contribution >= 0.6 is 11.3 Å². The van der Waals surface area contributed by atoms with E-state index in [2.05, 4.69) is 0 Å². The number of nitro benzene ring substituents is 1. The van der Waals surface area contributed by atoms with Crippen LogP contribution in [0.5, 0.6) is 0 Å². The number of anilines is 1. The Morgan fingerprint density at radius 1 is 1.35 bits per heavy atom. The maximum Gasteiger partial charge on any atom is 0.293 e. The van der Waals surface area contributed by atoms with Crippen molar-refractivity contribution in [1.82, 2.24) is 0 Å². The molecule has 0 amide bonds. The fraction of sp³-hybridized carbons (Fsp3) is 0.286. The lowest BCUT2D eigenvalue weighted by Gasteiger charge is -2.25. The molecule has 3 rings (SSSR count). The second kappa shape index (κ2) is 5.91. The Kier molecular flexibility index (Phi) is 4.09. The molecule has 0 bridgehead atoms. The Balaban J connectivity index is 2.07. The van der Waals surface area contributed by atoms with Crippen molar-refractivity contribution in [3.63, 3.8) is 0 Å². The van der Waals surface area contributed by atoms with Crippen molar-refractivity contribution < 1.29 is 13.3 Å². The van der Waals surface area contributed by atoms with E-state index < -0.39 is 14.9 Å². The zero-order valence-electron chi connectivity index (χ0n) is 12.1. The van der Waals surface area contributed by atoms with Gasteiger partial charge in [0.15, 0.2) is 0 Å². The minimum absolute atomic E-state index is 0.0778. The van der Waals surface area contributed by atoms with Crippen LogP contribution in [0.3, 0.4) is 0 Å². The summed E-state index contributed by atoms with van der Waals surface area (Å²) >= 11 is 1.61. The van der Waals surface area contributed by atoms with Crippen LogP contribution in [0, 0.1) is 10.1 Å². The van der Waals surface area contributed by atoms with Crippen LogP contribution in [0.2, 0.25) is 0 Å². The van der Waals surface area contributed by atoms with Crippen molar-refractivity contribution in [2.45, 2.75) is 23.8 Å². The smallest absolute Gasteiger partial charge is 0.293 e. The Morgan fingerprint density at radius 3 is 2.74 bits per heavy atom. The van der Waals surface area contributed by atoms with Crippen LogP contribution in [0.25, 0.3) is 0 Å². The number of thiophene rings is 1. The number of hydrogen-bond acceptors (Lipinski definition) is 6. The van der Waals surface area contributed by atoms with Gasteiger partial charge in [0, 0.05) is 17.5 Å². The average molecular weight is 353 g/mol. The molecule has 1 aromatic heterocycles. The first-order valence-electron chi connectivity index (χ1n) is 6.99. The van der Waals surface area contributed by atoms with Gasteiger partial charge in [0.1, 0.15) is 5.69 Å². The summed E-state index contributed by atoms with van der Waals surface area (Å²) in [4.78, 5) is 13.7. The normalized spacial score (nSPS) is 18.3. The van der Waals surface area contributed by atoms with Gasteiger partial charge in [0.25, 0.3) is 5.69 Å². The third-order valence-electron chi connectivity index (χ3n) is 3.91. The maximum atomic E-state index is 11.4. The molecule has 1 saturated heterocycles. The number of rotatable bonds is 4. The van der Waals surface area contributed by atoms with Crippen LogP contribution in [-0.4, -0.2) is 19.9 Å². The molecule has 0 radical (unpaired) electrons. The predicted octanol–water partition coefficient (Wildman–Crippen LogP) is 2.65. The number of benzene rings is 1. The van der Waals surface area contributed by atoms with Crippen molar-refractivity contribution in [3.05, 3.63) is 50.7 Å². The Hall–Kier alpha value is -1.97. The summed E-state index contributed by atoms with van der Waals surface area (Å²) in [6.07, 6.45) is 1.84. The summed E-state index contributed by atoms with van der Waals surface area (Å²) in [7, 11) is -3.98. The second-order valence-corrected chi connectivity index (χ2v) is 7.86. The van der Waals surface area contributed by atoms with Gasteiger partial charge in [-0.3, -0.25) is 10.1 Å². The Labute approximate surface area is 137 Å². The number of nitro groups is 1. The fourth-order valence-electron chi connectivity index (χ4n) is 2.90. The standard InChI is InChI=1S/C14H15N3O4S2/c15-23(20,21)10-5-6-11(13(9-10)17(18)19)16-7-1-3-12(16)14-4-2-8-22-14/h2,4-6,8-9,12H,1,3,7H2,(H2,15,20,21)/t12-/m0/s1. The second-order valence-electron chi connectivity index (χ2n) is 5.32. The van der Waals surface area contributed by atoms with E-state index in [1.54, 1.807) is 11.3 Å². The lowest BCUT2D eigenvalue weighted by atomic mass is 10.1. The van der Waals surface area contributed by atoms with E-state index in [-0.39, 0.29) is 16.6 Å². The molecule has 2 heterocycles. The van der Waals surface area contributed by atoms with Crippen molar-refractivity contribution in [1.29, 1.82) is 0 Å². The SMILES string of the molecule is NS(=O)(=O)c1ccc(N2CCC[C@H]2c2cccs2)c([N+](=O)[O-])c1. The highest BCUT2D eigenvalue weighted by atomic mass is 32.2. The van der Waals surface area contributed by atoms with Gasteiger partial charge in [0.2, 0.25) is 10.0 Å². The number of primary sulfonamides is 1. The van der Waals surface area contributed by atoms with Crippen LogP contribution in [-0.2, 0) is 10.0 Å². The number of nitrogens with two attached hydrogens (primary N) is 1.